The van der Waals surface area contributed by atoms with E-state index in [2.05, 4.69) is 5.32 Å². The molecule has 24 heavy (non-hydrogen) atoms. The van der Waals surface area contributed by atoms with Crippen LogP contribution in [0.15, 0.2) is 0 Å². The van der Waals surface area contributed by atoms with Gasteiger partial charge in [-0.15, -0.1) is 23.2 Å². The average molecular weight is 379 g/mol. The number of amides is 1. The predicted molar refractivity (Wildman–Crippen MR) is 94.3 cm³/mol. The van der Waals surface area contributed by atoms with Gasteiger partial charge in [-0.3, -0.25) is 4.79 Å². The number of nitrogens with one attached hydrogen (secondary N) is 1. The Morgan fingerprint density at radius 3 is 2.42 bits per heavy atom. The van der Waals surface area contributed by atoms with Gasteiger partial charge < -0.3 is 20.4 Å². The highest BCUT2D eigenvalue weighted by molar-refractivity contribution is 6.30. The lowest BCUT2D eigenvalue weighted by molar-refractivity contribution is -0.137. The van der Waals surface area contributed by atoms with Crippen molar-refractivity contribution in [1.82, 2.24) is 10.2 Å². The summed E-state index contributed by atoms with van der Waals surface area (Å²) in [4.78, 5) is 14.4. The lowest BCUT2D eigenvalue weighted by atomic mass is 9.75. The minimum Gasteiger partial charge on any atom is -0.393 e. The van der Waals surface area contributed by atoms with Crippen molar-refractivity contribution in [3.63, 3.8) is 0 Å². The lowest BCUT2D eigenvalue weighted by Crippen LogP contribution is -2.49. The zero-order chi connectivity index (χ0) is 17.3. The molecule has 6 atom stereocenters. The van der Waals surface area contributed by atoms with Gasteiger partial charge >= 0.3 is 0 Å². The highest BCUT2D eigenvalue weighted by atomic mass is 35.5. The highest BCUT2D eigenvalue weighted by Gasteiger charge is 2.41. The third-order valence-corrected chi connectivity index (χ3v) is 7.13. The lowest BCUT2D eigenvalue weighted by Gasteiger charge is -2.42. The number of piperidine rings is 1. The van der Waals surface area contributed by atoms with Crippen molar-refractivity contribution in [2.24, 2.45) is 17.8 Å². The van der Waals surface area contributed by atoms with Gasteiger partial charge in [-0.25, -0.2) is 0 Å². The molecule has 0 aromatic rings. The number of carbonyl (C=O) groups excluding carboxylic acids is 1. The van der Waals surface area contributed by atoms with Crippen molar-refractivity contribution in [2.45, 2.75) is 55.1 Å². The molecule has 2 heterocycles. The van der Waals surface area contributed by atoms with Crippen LogP contribution in [0.5, 0.6) is 0 Å². The minimum atomic E-state index is -0.596. The predicted octanol–water partition coefficient (Wildman–Crippen LogP) is 1.18. The molecule has 3 fully saturated rings. The van der Waals surface area contributed by atoms with Crippen LogP contribution < -0.4 is 5.32 Å². The summed E-state index contributed by atoms with van der Waals surface area (Å²) >= 11 is 12.3. The van der Waals surface area contributed by atoms with Gasteiger partial charge in [0.2, 0.25) is 5.91 Å². The molecule has 2 aliphatic heterocycles. The Hall–Kier alpha value is -0.0700. The number of hydrogen-bond acceptors (Lipinski definition) is 4. The summed E-state index contributed by atoms with van der Waals surface area (Å²) in [6, 6.07) is 0. The largest absolute Gasteiger partial charge is 0.393 e. The highest BCUT2D eigenvalue weighted by Crippen LogP contribution is 2.37. The van der Waals surface area contributed by atoms with Crippen LogP contribution in [0.4, 0.5) is 0 Å². The van der Waals surface area contributed by atoms with Gasteiger partial charge in [-0.1, -0.05) is 0 Å². The fraction of sp³-hybridized carbons (Fsp3) is 0.941. The summed E-state index contributed by atoms with van der Waals surface area (Å²) in [5.41, 5.74) is 0. The van der Waals surface area contributed by atoms with E-state index in [1.54, 1.807) is 0 Å². The number of likely N-dealkylation sites (tertiary alicyclic amines) is 1. The number of hydrogen-bond donors (Lipinski definition) is 3. The van der Waals surface area contributed by atoms with Crippen molar-refractivity contribution < 1.29 is 15.0 Å². The van der Waals surface area contributed by atoms with Gasteiger partial charge in [-0.2, -0.15) is 0 Å². The Morgan fingerprint density at radius 1 is 1.12 bits per heavy atom. The zero-order valence-corrected chi connectivity index (χ0v) is 15.4. The van der Waals surface area contributed by atoms with Gasteiger partial charge in [0.15, 0.2) is 0 Å². The average Bonchev–Trinajstić information content (AvgIpc) is 3.11. The summed E-state index contributed by atoms with van der Waals surface area (Å²) in [5, 5.41) is 23.8. The molecule has 1 aliphatic carbocycles. The first-order valence-electron chi connectivity index (χ1n) is 9.11. The Morgan fingerprint density at radius 2 is 1.79 bits per heavy atom. The van der Waals surface area contributed by atoms with Crippen molar-refractivity contribution in [1.29, 1.82) is 0 Å². The first-order valence-corrected chi connectivity index (χ1v) is 9.98. The fourth-order valence-corrected chi connectivity index (χ4v) is 5.01. The smallest absolute Gasteiger partial charge is 0.227 e. The number of nitrogens with zero attached hydrogens (tertiary/aromatic N) is 1. The van der Waals surface area contributed by atoms with E-state index in [0.29, 0.717) is 25.9 Å². The van der Waals surface area contributed by atoms with E-state index in [0.717, 1.165) is 32.4 Å². The number of aliphatic hydroxyl groups is 2. The third kappa shape index (κ3) is 4.01. The van der Waals surface area contributed by atoms with E-state index in [1.807, 2.05) is 4.90 Å². The summed E-state index contributed by atoms with van der Waals surface area (Å²) in [6.45, 7) is 3.10. The Balaban J connectivity index is 1.51. The molecule has 1 saturated carbocycles. The van der Waals surface area contributed by atoms with E-state index in [1.165, 1.54) is 0 Å². The molecular formula is C17H28Cl2N2O3. The molecule has 3 rings (SSSR count). The van der Waals surface area contributed by atoms with Crippen molar-refractivity contribution >= 4 is 29.1 Å². The molecule has 3 N–H and O–H groups in total. The number of alkyl halides is 2. The second-order valence-corrected chi connectivity index (χ2v) is 8.70. The molecular weight excluding hydrogens is 351 g/mol. The van der Waals surface area contributed by atoms with Gasteiger partial charge in [0.25, 0.3) is 0 Å². The SMILES string of the molecule is O=C([C@@H]1CCNC1)N1CCC(C(O)C2CC(Cl)C(Cl)CC2O)CC1. The maximum Gasteiger partial charge on any atom is 0.227 e. The van der Waals surface area contributed by atoms with Crippen LogP contribution in [0.25, 0.3) is 0 Å². The zero-order valence-electron chi connectivity index (χ0n) is 13.9. The molecule has 1 amide bonds. The van der Waals surface area contributed by atoms with Crippen molar-refractivity contribution in [3.05, 3.63) is 0 Å². The van der Waals surface area contributed by atoms with Crippen LogP contribution in [-0.4, -0.2) is 70.2 Å². The number of halogens is 2. The molecule has 0 bridgehead atoms. The van der Waals surface area contributed by atoms with Crippen LogP contribution in [-0.2, 0) is 4.79 Å². The topological polar surface area (TPSA) is 72.8 Å². The summed E-state index contributed by atoms with van der Waals surface area (Å²) in [5.74, 6) is 0.265. The van der Waals surface area contributed by atoms with Gasteiger partial charge in [0.05, 0.1) is 28.9 Å². The van der Waals surface area contributed by atoms with Crippen LogP contribution in [0.2, 0.25) is 0 Å². The Labute approximate surface area is 153 Å². The quantitative estimate of drug-likeness (QED) is 0.644. The first-order chi connectivity index (χ1) is 11.5. The number of aliphatic hydroxyl groups excluding tert-OH is 2. The van der Waals surface area contributed by atoms with Crippen LogP contribution in [0.3, 0.4) is 0 Å². The molecule has 5 nitrogen and oxygen atoms in total. The van der Waals surface area contributed by atoms with Gasteiger partial charge in [0, 0.05) is 25.6 Å². The Bertz CT molecular complexity index is 440. The molecule has 0 aromatic heterocycles. The minimum absolute atomic E-state index is 0.115. The van der Waals surface area contributed by atoms with Crippen molar-refractivity contribution in [3.8, 4) is 0 Å². The van der Waals surface area contributed by atoms with E-state index in [-0.39, 0.29) is 34.4 Å². The molecule has 5 unspecified atom stereocenters. The van der Waals surface area contributed by atoms with Crippen LogP contribution in [0.1, 0.15) is 32.1 Å². The fourth-order valence-electron chi connectivity index (χ4n) is 4.42. The summed E-state index contributed by atoms with van der Waals surface area (Å²) < 4.78 is 0. The maximum atomic E-state index is 12.5. The molecule has 0 spiro atoms. The van der Waals surface area contributed by atoms with E-state index >= 15 is 0 Å². The van der Waals surface area contributed by atoms with Gasteiger partial charge in [-0.05, 0) is 44.6 Å². The second kappa shape index (κ2) is 8.09. The van der Waals surface area contributed by atoms with Crippen molar-refractivity contribution in [2.75, 3.05) is 26.2 Å². The summed E-state index contributed by atoms with van der Waals surface area (Å²) in [7, 11) is 0. The van der Waals surface area contributed by atoms with E-state index in [9.17, 15) is 15.0 Å². The standard InChI is InChI=1S/C17H28Cl2N2O3/c18-13-7-12(15(22)8-14(13)19)16(23)10-2-5-21(6-3-10)17(24)11-1-4-20-9-11/h10-16,20,22-23H,1-9H2/t11-,12?,13?,14?,15?,16?/m1/s1. The molecule has 7 heteroatoms. The molecule has 0 radical (unpaired) electrons. The maximum absolute atomic E-state index is 12.5. The second-order valence-electron chi connectivity index (χ2n) is 7.58. The van der Waals surface area contributed by atoms with Crippen LogP contribution in [0, 0.1) is 17.8 Å². The summed E-state index contributed by atoms with van der Waals surface area (Å²) in [6.07, 6.45) is 2.31. The monoisotopic (exact) mass is 378 g/mol. The normalized spacial score (nSPS) is 39.8. The number of carbonyl (C=O) groups is 1. The molecule has 2 saturated heterocycles. The van der Waals surface area contributed by atoms with E-state index in [4.69, 9.17) is 23.2 Å². The number of rotatable bonds is 3. The third-order valence-electron chi connectivity index (χ3n) is 6.03. The Kier molecular flexibility index (Phi) is 6.30. The molecule has 138 valence electrons. The molecule has 3 aliphatic rings. The first kappa shape index (κ1) is 18.7. The van der Waals surface area contributed by atoms with Gasteiger partial charge in [0.1, 0.15) is 0 Å². The molecule has 0 aromatic carbocycles. The van der Waals surface area contributed by atoms with E-state index < -0.39 is 12.2 Å². The van der Waals surface area contributed by atoms with Crippen LogP contribution >= 0.6 is 23.2 Å².